The summed E-state index contributed by atoms with van der Waals surface area (Å²) in [6, 6.07) is 3.73. The highest BCUT2D eigenvalue weighted by Gasteiger charge is 2.61. The second kappa shape index (κ2) is 4.63. The van der Waals surface area contributed by atoms with Crippen LogP contribution in [0, 0.1) is 23.7 Å². The molecule has 4 rings (SSSR count). The fourth-order valence-corrected chi connectivity index (χ4v) is 4.32. The SMILES string of the molecule is CC(C)=C1[C@@H]2C=C[C@@H]1[C@H]1C(=O)N(Cc3cccnc3)C(=O)[C@@H]12. The number of amides is 2. The molecule has 0 aromatic carbocycles. The first kappa shape index (κ1) is 13.4. The van der Waals surface area contributed by atoms with Gasteiger partial charge in [-0.3, -0.25) is 19.5 Å². The third-order valence-corrected chi connectivity index (χ3v) is 5.15. The molecule has 1 aliphatic heterocycles. The Morgan fingerprint density at radius 3 is 2.27 bits per heavy atom. The number of pyridine rings is 1. The summed E-state index contributed by atoms with van der Waals surface area (Å²) in [5, 5.41) is 0. The summed E-state index contributed by atoms with van der Waals surface area (Å²) < 4.78 is 0. The van der Waals surface area contributed by atoms with Gasteiger partial charge in [0.25, 0.3) is 0 Å². The normalized spacial score (nSPS) is 32.1. The van der Waals surface area contributed by atoms with Gasteiger partial charge in [0.15, 0.2) is 0 Å². The van der Waals surface area contributed by atoms with E-state index >= 15 is 0 Å². The van der Waals surface area contributed by atoms with Gasteiger partial charge in [-0.15, -0.1) is 0 Å². The summed E-state index contributed by atoms with van der Waals surface area (Å²) in [6.45, 7) is 4.49. The van der Waals surface area contributed by atoms with Crippen LogP contribution >= 0.6 is 0 Å². The van der Waals surface area contributed by atoms with Crippen molar-refractivity contribution in [1.29, 1.82) is 0 Å². The van der Waals surface area contributed by atoms with E-state index in [1.165, 1.54) is 16.0 Å². The largest absolute Gasteiger partial charge is 0.277 e. The van der Waals surface area contributed by atoms with E-state index in [-0.39, 0.29) is 35.5 Å². The summed E-state index contributed by atoms with van der Waals surface area (Å²) >= 11 is 0. The minimum atomic E-state index is -0.191. The number of nitrogens with zero attached hydrogens (tertiary/aromatic N) is 2. The zero-order chi connectivity index (χ0) is 15.4. The lowest BCUT2D eigenvalue weighted by Crippen LogP contribution is -2.32. The maximum Gasteiger partial charge on any atom is 0.234 e. The average molecular weight is 294 g/mol. The van der Waals surface area contributed by atoms with Crippen molar-refractivity contribution >= 4 is 11.8 Å². The van der Waals surface area contributed by atoms with Gasteiger partial charge < -0.3 is 0 Å². The zero-order valence-electron chi connectivity index (χ0n) is 12.7. The molecule has 112 valence electrons. The van der Waals surface area contributed by atoms with E-state index in [0.717, 1.165) is 5.56 Å². The summed E-state index contributed by atoms with van der Waals surface area (Å²) in [6.07, 6.45) is 7.64. The molecule has 3 aliphatic rings. The lowest BCUT2D eigenvalue weighted by molar-refractivity contribution is -0.141. The number of fused-ring (bicyclic) bond motifs is 5. The van der Waals surface area contributed by atoms with Gasteiger partial charge in [0.05, 0.1) is 18.4 Å². The van der Waals surface area contributed by atoms with Crippen LogP contribution in [0.3, 0.4) is 0 Å². The van der Waals surface area contributed by atoms with Crippen molar-refractivity contribution in [3.05, 3.63) is 53.4 Å². The number of imide groups is 1. The third kappa shape index (κ3) is 1.67. The summed E-state index contributed by atoms with van der Waals surface area (Å²) in [5.74, 6) is -0.178. The van der Waals surface area contributed by atoms with Crippen molar-refractivity contribution in [3.8, 4) is 0 Å². The van der Waals surface area contributed by atoms with Crippen LogP contribution < -0.4 is 0 Å². The Balaban J connectivity index is 1.66. The summed E-state index contributed by atoms with van der Waals surface area (Å²) in [7, 11) is 0. The summed E-state index contributed by atoms with van der Waals surface area (Å²) in [5.41, 5.74) is 3.43. The molecular weight excluding hydrogens is 276 g/mol. The predicted molar refractivity (Wildman–Crippen MR) is 81.3 cm³/mol. The Bertz CT molecular complexity index is 682. The molecule has 0 radical (unpaired) electrons. The first-order valence-corrected chi connectivity index (χ1v) is 7.69. The van der Waals surface area contributed by atoms with Crippen molar-refractivity contribution in [2.45, 2.75) is 20.4 Å². The van der Waals surface area contributed by atoms with E-state index < -0.39 is 0 Å². The van der Waals surface area contributed by atoms with Crippen LogP contribution in [-0.4, -0.2) is 21.7 Å². The van der Waals surface area contributed by atoms with Crippen molar-refractivity contribution in [3.63, 3.8) is 0 Å². The second-order valence-electron chi connectivity index (χ2n) is 6.57. The van der Waals surface area contributed by atoms with E-state index in [9.17, 15) is 9.59 Å². The van der Waals surface area contributed by atoms with Gasteiger partial charge in [0, 0.05) is 24.2 Å². The average Bonchev–Trinajstić information content (AvgIpc) is 3.14. The second-order valence-corrected chi connectivity index (χ2v) is 6.57. The maximum absolute atomic E-state index is 12.8. The number of aromatic nitrogens is 1. The number of likely N-dealkylation sites (tertiary alicyclic amines) is 1. The number of rotatable bonds is 2. The van der Waals surface area contributed by atoms with Crippen molar-refractivity contribution in [2.24, 2.45) is 23.7 Å². The molecule has 1 saturated carbocycles. The van der Waals surface area contributed by atoms with Gasteiger partial charge >= 0.3 is 0 Å². The molecule has 0 N–H and O–H groups in total. The number of carbonyl (C=O) groups excluding carboxylic acids is 2. The molecule has 2 aliphatic carbocycles. The monoisotopic (exact) mass is 294 g/mol. The highest BCUT2D eigenvalue weighted by atomic mass is 16.2. The van der Waals surface area contributed by atoms with Gasteiger partial charge in [-0.2, -0.15) is 0 Å². The van der Waals surface area contributed by atoms with Crippen LogP contribution in [0.5, 0.6) is 0 Å². The number of hydrogen-bond acceptors (Lipinski definition) is 3. The zero-order valence-corrected chi connectivity index (χ0v) is 12.7. The molecule has 2 amide bonds. The molecule has 2 fully saturated rings. The van der Waals surface area contributed by atoms with Crippen LogP contribution in [0.4, 0.5) is 0 Å². The maximum atomic E-state index is 12.8. The van der Waals surface area contributed by atoms with Gasteiger partial charge in [0.2, 0.25) is 11.8 Å². The Hall–Kier alpha value is -2.23. The fourth-order valence-electron chi connectivity index (χ4n) is 4.32. The van der Waals surface area contributed by atoms with Crippen LogP contribution in [0.2, 0.25) is 0 Å². The molecular formula is C18H18N2O2. The molecule has 2 heterocycles. The van der Waals surface area contributed by atoms with Crippen molar-refractivity contribution in [1.82, 2.24) is 9.88 Å². The van der Waals surface area contributed by atoms with Crippen molar-refractivity contribution in [2.75, 3.05) is 0 Å². The number of hydrogen-bond donors (Lipinski definition) is 0. The Kier molecular flexibility index (Phi) is 2.83. The van der Waals surface area contributed by atoms with E-state index in [4.69, 9.17) is 0 Å². The molecule has 1 aromatic heterocycles. The first-order chi connectivity index (χ1) is 10.6. The first-order valence-electron chi connectivity index (χ1n) is 7.69. The minimum absolute atomic E-state index is 0.0190. The summed E-state index contributed by atoms with van der Waals surface area (Å²) in [4.78, 5) is 31.1. The quantitative estimate of drug-likeness (QED) is 0.621. The molecule has 1 saturated heterocycles. The number of carbonyl (C=O) groups is 2. The minimum Gasteiger partial charge on any atom is -0.277 e. The van der Waals surface area contributed by atoms with Crippen molar-refractivity contribution < 1.29 is 9.59 Å². The highest BCUT2D eigenvalue weighted by Crippen LogP contribution is 2.56. The lowest BCUT2D eigenvalue weighted by atomic mass is 9.85. The number of allylic oxidation sites excluding steroid dienone is 4. The molecule has 4 atom stereocenters. The van der Waals surface area contributed by atoms with E-state index in [1.54, 1.807) is 12.4 Å². The molecule has 0 unspecified atom stereocenters. The molecule has 0 spiro atoms. The lowest BCUT2D eigenvalue weighted by Gasteiger charge is -2.19. The highest BCUT2D eigenvalue weighted by molar-refractivity contribution is 6.07. The fraction of sp³-hybridized carbons (Fsp3) is 0.389. The Labute approximate surface area is 129 Å². The van der Waals surface area contributed by atoms with E-state index in [2.05, 4.69) is 31.0 Å². The molecule has 2 bridgehead atoms. The Morgan fingerprint density at radius 1 is 1.14 bits per heavy atom. The van der Waals surface area contributed by atoms with Gasteiger partial charge in [-0.05, 0) is 25.5 Å². The molecule has 4 heteroatoms. The third-order valence-electron chi connectivity index (χ3n) is 5.15. The van der Waals surface area contributed by atoms with Crippen LogP contribution in [0.1, 0.15) is 19.4 Å². The van der Waals surface area contributed by atoms with Gasteiger partial charge in [0.1, 0.15) is 0 Å². The van der Waals surface area contributed by atoms with E-state index in [0.29, 0.717) is 6.54 Å². The molecule has 4 nitrogen and oxygen atoms in total. The standard InChI is InChI=1S/C18H18N2O2/c1-10(2)14-12-5-6-13(14)16-15(12)17(21)20(18(16)22)9-11-4-3-7-19-8-11/h3-8,12-13,15-16H,9H2,1-2H3/t12-,13-,15+,16+/m0/s1. The molecule has 1 aromatic rings. The smallest absolute Gasteiger partial charge is 0.234 e. The van der Waals surface area contributed by atoms with E-state index in [1.807, 2.05) is 12.1 Å². The topological polar surface area (TPSA) is 50.3 Å². The van der Waals surface area contributed by atoms with Crippen LogP contribution in [-0.2, 0) is 16.1 Å². The van der Waals surface area contributed by atoms with Crippen LogP contribution in [0.25, 0.3) is 0 Å². The van der Waals surface area contributed by atoms with Gasteiger partial charge in [-0.1, -0.05) is 29.4 Å². The Morgan fingerprint density at radius 2 is 1.77 bits per heavy atom. The van der Waals surface area contributed by atoms with Gasteiger partial charge in [-0.25, -0.2) is 0 Å². The molecule has 22 heavy (non-hydrogen) atoms. The van der Waals surface area contributed by atoms with Crippen LogP contribution in [0.15, 0.2) is 47.8 Å². The predicted octanol–water partition coefficient (Wildman–Crippen LogP) is 2.33.